The molecule has 7 nitrogen and oxygen atoms in total. The number of hydrogen-bond donors (Lipinski definition) is 3. The smallest absolute Gasteiger partial charge is 0.243 e. The van der Waals surface area contributed by atoms with E-state index >= 15 is 0 Å². The summed E-state index contributed by atoms with van der Waals surface area (Å²) in [6.07, 6.45) is 1.04. The maximum Gasteiger partial charge on any atom is 0.243 e. The summed E-state index contributed by atoms with van der Waals surface area (Å²) in [5.41, 5.74) is 7.13. The van der Waals surface area contributed by atoms with Crippen molar-refractivity contribution in [1.82, 2.24) is 0 Å². The summed E-state index contributed by atoms with van der Waals surface area (Å²) in [6, 6.07) is 4.14. The van der Waals surface area contributed by atoms with Crippen molar-refractivity contribution >= 4 is 27.3 Å². The Kier molecular flexibility index (Phi) is 5.49. The van der Waals surface area contributed by atoms with Gasteiger partial charge < -0.3 is 15.8 Å². The highest BCUT2D eigenvalue weighted by atomic mass is 32.2. The molecule has 0 aromatic heterocycles. The molecule has 8 heteroatoms. The predicted molar refractivity (Wildman–Crippen MR) is 78.1 cm³/mol. The number of carbonyl (C=O) groups is 1. The van der Waals surface area contributed by atoms with Gasteiger partial charge in [-0.15, -0.1) is 0 Å². The largest absolute Gasteiger partial charge is 0.383 e. The van der Waals surface area contributed by atoms with E-state index in [1.165, 1.54) is 7.11 Å². The molecule has 0 saturated heterocycles. The number of methoxy groups -OCH3 is 1. The Morgan fingerprint density at radius 1 is 1.40 bits per heavy atom. The number of amides is 1. The van der Waals surface area contributed by atoms with Crippen LogP contribution < -0.4 is 15.8 Å². The second-order valence-electron chi connectivity index (χ2n) is 4.47. The first kappa shape index (κ1) is 16.4. The van der Waals surface area contributed by atoms with Crippen molar-refractivity contribution in [3.63, 3.8) is 0 Å². The Morgan fingerprint density at radius 3 is 2.60 bits per heavy atom. The molecule has 0 aliphatic carbocycles. The van der Waals surface area contributed by atoms with Gasteiger partial charge in [0.2, 0.25) is 15.9 Å². The second-order valence-corrected chi connectivity index (χ2v) is 6.22. The van der Waals surface area contributed by atoms with E-state index < -0.39 is 22.0 Å². The van der Waals surface area contributed by atoms with E-state index in [1.807, 2.05) is 6.92 Å². The van der Waals surface area contributed by atoms with E-state index in [0.29, 0.717) is 5.69 Å². The average molecular weight is 301 g/mol. The minimum atomic E-state index is -3.44. The number of nitrogens with two attached hydrogens (primary N) is 1. The molecular formula is C12H19N3O4S. The van der Waals surface area contributed by atoms with Gasteiger partial charge in [-0.2, -0.15) is 0 Å². The van der Waals surface area contributed by atoms with Crippen molar-refractivity contribution in [2.45, 2.75) is 13.0 Å². The van der Waals surface area contributed by atoms with Gasteiger partial charge in [0.25, 0.3) is 0 Å². The molecule has 0 spiro atoms. The maximum absolute atomic E-state index is 11.8. The van der Waals surface area contributed by atoms with E-state index in [0.717, 1.165) is 11.8 Å². The molecule has 0 aliphatic heterocycles. The first-order valence-electron chi connectivity index (χ1n) is 5.87. The van der Waals surface area contributed by atoms with Crippen molar-refractivity contribution in [2.75, 3.05) is 30.0 Å². The van der Waals surface area contributed by atoms with Crippen molar-refractivity contribution < 1.29 is 17.9 Å². The van der Waals surface area contributed by atoms with Gasteiger partial charge in [-0.05, 0) is 24.6 Å². The number of hydrogen-bond acceptors (Lipinski definition) is 5. The van der Waals surface area contributed by atoms with Gasteiger partial charge in [0, 0.05) is 7.11 Å². The summed E-state index contributed by atoms with van der Waals surface area (Å²) >= 11 is 0. The zero-order valence-corrected chi connectivity index (χ0v) is 12.5. The minimum absolute atomic E-state index is 0.0759. The molecule has 0 heterocycles. The quantitative estimate of drug-likeness (QED) is 0.699. The molecule has 0 bridgehead atoms. The number of benzene rings is 1. The maximum atomic E-state index is 11.8. The zero-order valence-electron chi connectivity index (χ0n) is 11.6. The highest BCUT2D eigenvalue weighted by Crippen LogP contribution is 2.24. The highest BCUT2D eigenvalue weighted by Gasteiger charge is 2.16. The van der Waals surface area contributed by atoms with Crippen LogP contribution in [0.1, 0.15) is 5.56 Å². The van der Waals surface area contributed by atoms with E-state index in [1.54, 1.807) is 18.2 Å². The molecule has 0 aliphatic rings. The number of aryl methyl sites for hydroxylation is 1. The highest BCUT2D eigenvalue weighted by molar-refractivity contribution is 7.92. The fourth-order valence-corrected chi connectivity index (χ4v) is 2.11. The van der Waals surface area contributed by atoms with E-state index in [-0.39, 0.29) is 12.3 Å². The first-order chi connectivity index (χ1) is 9.23. The molecule has 112 valence electrons. The van der Waals surface area contributed by atoms with Gasteiger partial charge in [0.05, 0.1) is 24.2 Å². The van der Waals surface area contributed by atoms with Crippen LogP contribution in [-0.4, -0.2) is 40.3 Å². The van der Waals surface area contributed by atoms with Crippen LogP contribution in [0.2, 0.25) is 0 Å². The number of nitrogens with one attached hydrogen (secondary N) is 2. The van der Waals surface area contributed by atoms with Gasteiger partial charge in [0.15, 0.2) is 0 Å². The van der Waals surface area contributed by atoms with E-state index in [9.17, 15) is 13.2 Å². The van der Waals surface area contributed by atoms with Crippen molar-refractivity contribution in [3.8, 4) is 0 Å². The molecule has 20 heavy (non-hydrogen) atoms. The summed E-state index contributed by atoms with van der Waals surface area (Å²) in [7, 11) is -2.00. The van der Waals surface area contributed by atoms with Gasteiger partial charge in [-0.3, -0.25) is 9.52 Å². The zero-order chi connectivity index (χ0) is 15.3. The van der Waals surface area contributed by atoms with Crippen LogP contribution >= 0.6 is 0 Å². The number of rotatable bonds is 6. The van der Waals surface area contributed by atoms with E-state index in [4.69, 9.17) is 10.5 Å². The van der Waals surface area contributed by atoms with E-state index in [2.05, 4.69) is 10.0 Å². The Hall–Kier alpha value is -1.64. The van der Waals surface area contributed by atoms with Gasteiger partial charge >= 0.3 is 0 Å². The lowest BCUT2D eigenvalue weighted by atomic mass is 10.2. The molecule has 1 aromatic rings. The monoisotopic (exact) mass is 301 g/mol. The van der Waals surface area contributed by atoms with Gasteiger partial charge in [-0.25, -0.2) is 8.42 Å². The predicted octanol–water partition coefficient (Wildman–Crippen LogP) is 0.279. The lowest BCUT2D eigenvalue weighted by Crippen LogP contribution is -2.39. The molecule has 1 rings (SSSR count). The molecule has 1 atom stereocenters. The fourth-order valence-electron chi connectivity index (χ4n) is 1.53. The third kappa shape index (κ3) is 5.16. The Bertz CT molecular complexity index is 586. The van der Waals surface area contributed by atoms with Crippen molar-refractivity contribution in [2.24, 2.45) is 5.73 Å². The van der Waals surface area contributed by atoms with Gasteiger partial charge in [0.1, 0.15) is 6.04 Å². The number of anilines is 2. The average Bonchev–Trinajstić information content (AvgIpc) is 2.31. The fraction of sp³-hybridized carbons (Fsp3) is 0.417. The first-order valence-corrected chi connectivity index (χ1v) is 7.76. The van der Waals surface area contributed by atoms with Crippen LogP contribution in [0.3, 0.4) is 0 Å². The minimum Gasteiger partial charge on any atom is -0.383 e. The SMILES string of the molecule is COCC(N)C(=O)Nc1cc(C)ccc1NS(C)(=O)=O. The van der Waals surface area contributed by atoms with Crippen LogP contribution in [0.15, 0.2) is 18.2 Å². The lowest BCUT2D eigenvalue weighted by Gasteiger charge is -2.15. The van der Waals surface area contributed by atoms with Crippen LogP contribution in [0.4, 0.5) is 11.4 Å². The Labute approximate surface area is 118 Å². The van der Waals surface area contributed by atoms with Gasteiger partial charge in [-0.1, -0.05) is 6.07 Å². The summed E-state index contributed by atoms with van der Waals surface area (Å²) in [4.78, 5) is 11.8. The second kappa shape index (κ2) is 6.69. The molecule has 4 N–H and O–H groups in total. The molecule has 0 fully saturated rings. The third-order valence-electron chi connectivity index (χ3n) is 2.41. The Morgan fingerprint density at radius 2 is 2.05 bits per heavy atom. The molecule has 0 radical (unpaired) electrons. The molecular weight excluding hydrogens is 282 g/mol. The third-order valence-corrected chi connectivity index (χ3v) is 3.00. The van der Waals surface area contributed by atoms with Crippen LogP contribution in [0.5, 0.6) is 0 Å². The number of carbonyl (C=O) groups excluding carboxylic acids is 1. The van der Waals surface area contributed by atoms with Crippen molar-refractivity contribution in [3.05, 3.63) is 23.8 Å². The van der Waals surface area contributed by atoms with Crippen LogP contribution in [-0.2, 0) is 19.6 Å². The number of sulfonamides is 1. The lowest BCUT2D eigenvalue weighted by molar-refractivity contribution is -0.118. The summed E-state index contributed by atoms with van der Waals surface area (Å²) in [5, 5.41) is 2.59. The van der Waals surface area contributed by atoms with Crippen LogP contribution in [0, 0.1) is 6.92 Å². The topological polar surface area (TPSA) is 111 Å². The molecule has 1 unspecified atom stereocenters. The standard InChI is InChI=1S/C12H19N3O4S/c1-8-4-5-10(15-20(3,17)18)11(6-8)14-12(16)9(13)7-19-2/h4-6,9,15H,7,13H2,1-3H3,(H,14,16). The van der Waals surface area contributed by atoms with Crippen LogP contribution in [0.25, 0.3) is 0 Å². The number of ether oxygens (including phenoxy) is 1. The van der Waals surface area contributed by atoms with Crippen molar-refractivity contribution in [1.29, 1.82) is 0 Å². The molecule has 0 saturated carbocycles. The summed E-state index contributed by atoms with van der Waals surface area (Å²) in [5.74, 6) is -0.450. The molecule has 1 aromatic carbocycles. The summed E-state index contributed by atoms with van der Waals surface area (Å²) in [6.45, 7) is 1.90. The molecule has 1 amide bonds. The Balaban J connectivity index is 2.98. The normalized spacial score (nSPS) is 12.8. The summed E-state index contributed by atoms with van der Waals surface area (Å²) < 4.78 is 29.7.